The minimum absolute atomic E-state index is 0.185. The topological polar surface area (TPSA) is 86.1 Å². The maximum atomic E-state index is 11.2. The molecule has 2 aromatic rings. The van der Waals surface area contributed by atoms with Gasteiger partial charge < -0.3 is 10.1 Å². The van der Waals surface area contributed by atoms with E-state index < -0.39 is 12.1 Å². The first-order valence-electron chi connectivity index (χ1n) is 7.02. The molecule has 122 valence electrons. The lowest BCUT2D eigenvalue weighted by Crippen LogP contribution is -2.36. The zero-order valence-electron chi connectivity index (χ0n) is 12.8. The van der Waals surface area contributed by atoms with Gasteiger partial charge in [0.25, 0.3) is 0 Å². The molecular formula is C15H17BrN4O3. The lowest BCUT2D eigenvalue weighted by molar-refractivity contribution is -0.147. The fourth-order valence-electron chi connectivity index (χ4n) is 2.01. The molecule has 0 aliphatic carbocycles. The molecule has 0 aliphatic rings. The van der Waals surface area contributed by atoms with Crippen molar-refractivity contribution < 1.29 is 14.3 Å². The smallest absolute Gasteiger partial charge is 0.303 e. The molecule has 0 unspecified atom stereocenters. The summed E-state index contributed by atoms with van der Waals surface area (Å²) in [6, 6.07) is 7.71. The van der Waals surface area contributed by atoms with Crippen LogP contribution >= 0.6 is 15.9 Å². The van der Waals surface area contributed by atoms with Crippen LogP contribution < -0.4 is 5.32 Å². The largest absolute Gasteiger partial charge is 0.459 e. The molecule has 2 rings (SSSR count). The van der Waals surface area contributed by atoms with E-state index >= 15 is 0 Å². The van der Waals surface area contributed by atoms with Crippen molar-refractivity contribution >= 4 is 27.8 Å². The van der Waals surface area contributed by atoms with E-state index in [0.717, 1.165) is 10.0 Å². The average molecular weight is 381 g/mol. The van der Waals surface area contributed by atoms with Crippen LogP contribution in [0.1, 0.15) is 13.8 Å². The van der Waals surface area contributed by atoms with Crippen molar-refractivity contribution in [3.05, 3.63) is 34.9 Å². The Bertz CT molecular complexity index is 702. The zero-order chi connectivity index (χ0) is 16.8. The fraction of sp³-hybridized carbons (Fsp3) is 0.333. The van der Waals surface area contributed by atoms with Crippen molar-refractivity contribution in [2.75, 3.05) is 6.54 Å². The lowest BCUT2D eigenvalue weighted by atomic mass is 10.2. The van der Waals surface area contributed by atoms with Gasteiger partial charge in [-0.1, -0.05) is 33.3 Å². The second-order valence-electron chi connectivity index (χ2n) is 5.00. The van der Waals surface area contributed by atoms with Gasteiger partial charge in [-0.2, -0.15) is 0 Å². The van der Waals surface area contributed by atoms with Crippen molar-refractivity contribution in [2.24, 2.45) is 0 Å². The predicted molar refractivity (Wildman–Crippen MR) is 87.4 cm³/mol. The van der Waals surface area contributed by atoms with Crippen LogP contribution in [-0.4, -0.2) is 39.5 Å². The van der Waals surface area contributed by atoms with E-state index in [0.29, 0.717) is 12.2 Å². The molecule has 0 saturated heterocycles. The summed E-state index contributed by atoms with van der Waals surface area (Å²) in [5.74, 6) is -0.594. The molecule has 1 amide bonds. The Hall–Kier alpha value is -2.22. The third kappa shape index (κ3) is 5.48. The van der Waals surface area contributed by atoms with E-state index in [1.54, 1.807) is 10.9 Å². The van der Waals surface area contributed by atoms with Gasteiger partial charge in [-0.05, 0) is 12.1 Å². The van der Waals surface area contributed by atoms with Crippen LogP contribution in [-0.2, 0) is 20.9 Å². The maximum Gasteiger partial charge on any atom is 0.303 e. The molecule has 1 atom stereocenters. The number of nitrogens with zero attached hydrogens (tertiary/aromatic N) is 3. The highest BCUT2D eigenvalue weighted by Crippen LogP contribution is 2.20. The summed E-state index contributed by atoms with van der Waals surface area (Å²) < 4.78 is 7.73. The van der Waals surface area contributed by atoms with Gasteiger partial charge in [0.2, 0.25) is 5.91 Å². The highest BCUT2D eigenvalue weighted by atomic mass is 79.9. The number of hydrogen-bond donors (Lipinski definition) is 1. The van der Waals surface area contributed by atoms with Crippen molar-refractivity contribution in [3.63, 3.8) is 0 Å². The van der Waals surface area contributed by atoms with E-state index in [2.05, 4.69) is 31.6 Å². The number of nitrogens with one attached hydrogen (secondary N) is 1. The molecule has 0 aliphatic heterocycles. The molecule has 0 spiro atoms. The third-order valence-electron chi connectivity index (χ3n) is 2.96. The number of carbonyl (C=O) groups excluding carboxylic acids is 2. The molecule has 1 N–H and O–H groups in total. The monoisotopic (exact) mass is 380 g/mol. The summed E-state index contributed by atoms with van der Waals surface area (Å²) in [5.41, 5.74) is 1.64. The van der Waals surface area contributed by atoms with Crippen molar-refractivity contribution in [1.82, 2.24) is 20.3 Å². The van der Waals surface area contributed by atoms with E-state index in [4.69, 9.17) is 4.74 Å². The third-order valence-corrected chi connectivity index (χ3v) is 3.45. The first-order valence-corrected chi connectivity index (χ1v) is 7.81. The van der Waals surface area contributed by atoms with Gasteiger partial charge in [-0.25, -0.2) is 4.68 Å². The molecule has 7 nitrogen and oxygen atoms in total. The van der Waals surface area contributed by atoms with Gasteiger partial charge in [0.1, 0.15) is 11.8 Å². The van der Waals surface area contributed by atoms with Crippen LogP contribution in [0.5, 0.6) is 0 Å². The predicted octanol–water partition coefficient (Wildman–Crippen LogP) is 1.78. The molecule has 1 heterocycles. The van der Waals surface area contributed by atoms with E-state index in [1.807, 2.05) is 24.3 Å². The van der Waals surface area contributed by atoms with Crippen molar-refractivity contribution in [1.29, 1.82) is 0 Å². The number of benzene rings is 1. The number of hydrogen-bond acceptors (Lipinski definition) is 5. The lowest BCUT2D eigenvalue weighted by Gasteiger charge is -2.16. The first kappa shape index (κ1) is 17.1. The van der Waals surface area contributed by atoms with Crippen LogP contribution in [0.25, 0.3) is 11.3 Å². The number of carbonyl (C=O) groups is 2. The van der Waals surface area contributed by atoms with Crippen molar-refractivity contribution in [2.45, 2.75) is 26.5 Å². The second kappa shape index (κ2) is 7.87. The quantitative estimate of drug-likeness (QED) is 0.771. The first-order chi connectivity index (χ1) is 10.9. The summed E-state index contributed by atoms with van der Waals surface area (Å²) in [5, 5.41) is 10.8. The van der Waals surface area contributed by atoms with Crippen LogP contribution in [0.2, 0.25) is 0 Å². The summed E-state index contributed by atoms with van der Waals surface area (Å²) in [4.78, 5) is 22.2. The number of amides is 1. The number of ether oxygens (including phenoxy) is 1. The minimum Gasteiger partial charge on any atom is -0.459 e. The van der Waals surface area contributed by atoms with Gasteiger partial charge in [0.05, 0.1) is 19.3 Å². The Morgan fingerprint density at radius 1 is 1.39 bits per heavy atom. The Kier molecular flexibility index (Phi) is 5.86. The van der Waals surface area contributed by atoms with Gasteiger partial charge in [0, 0.05) is 23.9 Å². The Morgan fingerprint density at radius 2 is 2.17 bits per heavy atom. The molecule has 8 heteroatoms. The van der Waals surface area contributed by atoms with Gasteiger partial charge in [-0.3, -0.25) is 9.59 Å². The zero-order valence-corrected chi connectivity index (χ0v) is 14.4. The average Bonchev–Trinajstić information content (AvgIpc) is 2.93. The summed E-state index contributed by atoms with van der Waals surface area (Å²) in [7, 11) is 0. The molecule has 1 aromatic heterocycles. The summed E-state index contributed by atoms with van der Waals surface area (Å²) in [6.07, 6.45) is 1.26. The molecular weight excluding hydrogens is 364 g/mol. The Morgan fingerprint density at radius 3 is 2.83 bits per heavy atom. The Balaban J connectivity index is 2.08. The normalized spacial score (nSPS) is 11.8. The van der Waals surface area contributed by atoms with Crippen molar-refractivity contribution in [3.8, 4) is 11.3 Å². The van der Waals surface area contributed by atoms with Crippen LogP contribution in [0, 0.1) is 0 Å². The summed E-state index contributed by atoms with van der Waals surface area (Å²) in [6.45, 7) is 3.27. The molecule has 23 heavy (non-hydrogen) atoms. The highest BCUT2D eigenvalue weighted by molar-refractivity contribution is 9.10. The highest BCUT2D eigenvalue weighted by Gasteiger charge is 2.15. The van der Waals surface area contributed by atoms with Gasteiger partial charge >= 0.3 is 5.97 Å². The number of aromatic nitrogens is 3. The molecule has 0 radical (unpaired) electrons. The summed E-state index contributed by atoms with van der Waals surface area (Å²) >= 11 is 3.42. The Labute approximate surface area is 142 Å². The molecule has 1 aromatic carbocycles. The van der Waals surface area contributed by atoms with E-state index in [1.165, 1.54) is 13.8 Å². The van der Waals surface area contributed by atoms with Gasteiger partial charge in [0.15, 0.2) is 0 Å². The molecule has 0 fully saturated rings. The van der Waals surface area contributed by atoms with Crippen LogP contribution in [0.3, 0.4) is 0 Å². The van der Waals surface area contributed by atoms with Gasteiger partial charge in [-0.15, -0.1) is 5.10 Å². The number of esters is 1. The van der Waals surface area contributed by atoms with E-state index in [-0.39, 0.29) is 12.5 Å². The van der Waals surface area contributed by atoms with Crippen LogP contribution in [0.4, 0.5) is 0 Å². The standard InChI is InChI=1S/C15H17BrN4O3/c1-10(21)17-7-14(23-11(2)22)8-20-9-15(18-19-20)12-4-3-5-13(16)6-12/h3-6,9,14H,7-8H2,1-2H3,(H,17,21)/t14-/m0/s1. The fourth-order valence-corrected chi connectivity index (χ4v) is 2.41. The van der Waals surface area contributed by atoms with Crippen LogP contribution in [0.15, 0.2) is 34.9 Å². The number of rotatable bonds is 6. The molecule has 0 bridgehead atoms. The maximum absolute atomic E-state index is 11.2. The minimum atomic E-state index is -0.506. The second-order valence-corrected chi connectivity index (χ2v) is 5.92. The SMILES string of the molecule is CC(=O)NC[C@@H](Cn1cc(-c2cccc(Br)c2)nn1)OC(C)=O. The van der Waals surface area contributed by atoms with E-state index in [9.17, 15) is 9.59 Å². The number of halogens is 1. The molecule has 0 saturated carbocycles.